The minimum atomic E-state index is -0.716. The first kappa shape index (κ1) is 11.8. The molecule has 3 heteroatoms. The Morgan fingerprint density at radius 3 is 2.65 bits per heavy atom. The number of Topliss-reactive ketones (excluding diaryl/α,β-unsaturated/α-hetero) is 1. The number of hydrogen-bond donors (Lipinski definition) is 0. The van der Waals surface area contributed by atoms with Crippen molar-refractivity contribution in [2.24, 2.45) is 0 Å². The van der Waals surface area contributed by atoms with Gasteiger partial charge in [0.05, 0.1) is 0 Å². The molecule has 1 heterocycles. The third kappa shape index (κ3) is 1.56. The number of ketones is 1. The number of carbonyl (C=O) groups is 1. The molecule has 1 spiro atoms. The second kappa shape index (κ2) is 4.00. The molecule has 1 fully saturated rings. The zero-order valence-corrected chi connectivity index (χ0v) is 10.8. The van der Waals surface area contributed by atoms with Gasteiger partial charge in [-0.05, 0) is 36.1 Å². The summed E-state index contributed by atoms with van der Waals surface area (Å²) < 4.78 is 18.7. The minimum absolute atomic E-state index is 0.0636. The van der Waals surface area contributed by atoms with Crippen LogP contribution in [0.4, 0.5) is 4.39 Å². The van der Waals surface area contributed by atoms with Crippen LogP contribution in [0, 0.1) is 5.82 Å². The predicted molar refractivity (Wildman–Crippen MR) is 72.1 cm³/mol. The van der Waals surface area contributed by atoms with Gasteiger partial charge in [0.15, 0.2) is 11.4 Å². The van der Waals surface area contributed by atoms with Crippen molar-refractivity contribution >= 4 is 5.78 Å². The van der Waals surface area contributed by atoms with Crippen molar-refractivity contribution in [1.29, 1.82) is 0 Å². The molecular weight excluding hydrogens is 255 g/mol. The Bertz CT molecular complexity index is 692. The van der Waals surface area contributed by atoms with Crippen molar-refractivity contribution in [3.8, 4) is 0 Å². The SMILES string of the molecule is O=C1c2ccccc2CC[C@]12O[C@H]2c1ccc(F)cc1. The van der Waals surface area contributed by atoms with Crippen molar-refractivity contribution in [3.05, 3.63) is 71.0 Å². The average molecular weight is 268 g/mol. The summed E-state index contributed by atoms with van der Waals surface area (Å²) in [6, 6.07) is 13.9. The first-order valence-electron chi connectivity index (χ1n) is 6.77. The standard InChI is InChI=1S/C17H13FO2/c18-13-7-5-12(6-8-13)16-17(20-16)10-9-11-3-1-2-4-14(11)15(17)19/h1-8,16H,9-10H2/t16-,17-/m0/s1. The molecule has 100 valence electrons. The molecule has 2 atom stereocenters. The normalized spacial score (nSPS) is 27.4. The fourth-order valence-electron chi connectivity index (χ4n) is 3.14. The topological polar surface area (TPSA) is 29.6 Å². The van der Waals surface area contributed by atoms with Crippen LogP contribution in [0.1, 0.15) is 34.0 Å². The van der Waals surface area contributed by atoms with Crippen LogP contribution in [0.25, 0.3) is 0 Å². The lowest BCUT2D eigenvalue weighted by atomic mass is 9.79. The van der Waals surface area contributed by atoms with E-state index in [4.69, 9.17) is 4.74 Å². The van der Waals surface area contributed by atoms with E-state index in [1.54, 1.807) is 12.1 Å². The molecule has 0 bridgehead atoms. The van der Waals surface area contributed by atoms with E-state index in [1.165, 1.54) is 12.1 Å². The quantitative estimate of drug-likeness (QED) is 0.741. The van der Waals surface area contributed by atoms with E-state index in [9.17, 15) is 9.18 Å². The van der Waals surface area contributed by atoms with Crippen molar-refractivity contribution in [1.82, 2.24) is 0 Å². The number of benzene rings is 2. The summed E-state index contributed by atoms with van der Waals surface area (Å²) in [5.74, 6) is -0.211. The molecule has 2 aromatic rings. The van der Waals surface area contributed by atoms with E-state index in [0.29, 0.717) is 6.42 Å². The zero-order chi connectivity index (χ0) is 13.7. The minimum Gasteiger partial charge on any atom is -0.352 e. The maximum atomic E-state index is 13.0. The highest BCUT2D eigenvalue weighted by atomic mass is 19.1. The van der Waals surface area contributed by atoms with Crippen LogP contribution in [0.5, 0.6) is 0 Å². The number of ether oxygens (including phenoxy) is 1. The van der Waals surface area contributed by atoms with E-state index in [1.807, 2.05) is 24.3 Å². The van der Waals surface area contributed by atoms with Gasteiger partial charge in [0, 0.05) is 5.56 Å². The van der Waals surface area contributed by atoms with Crippen LogP contribution in [-0.4, -0.2) is 11.4 Å². The van der Waals surface area contributed by atoms with Gasteiger partial charge in [-0.15, -0.1) is 0 Å². The third-order valence-electron chi connectivity index (χ3n) is 4.28. The summed E-state index contributed by atoms with van der Waals surface area (Å²) in [5.41, 5.74) is 2.02. The fourth-order valence-corrected chi connectivity index (χ4v) is 3.14. The van der Waals surface area contributed by atoms with Gasteiger partial charge < -0.3 is 4.74 Å². The summed E-state index contributed by atoms with van der Waals surface area (Å²) in [5, 5.41) is 0. The summed E-state index contributed by atoms with van der Waals surface area (Å²) in [4.78, 5) is 12.7. The van der Waals surface area contributed by atoms with Crippen LogP contribution in [0.15, 0.2) is 48.5 Å². The van der Waals surface area contributed by atoms with E-state index in [2.05, 4.69) is 0 Å². The molecule has 1 saturated heterocycles. The Labute approximate surface area is 116 Å². The third-order valence-corrected chi connectivity index (χ3v) is 4.28. The Morgan fingerprint density at radius 1 is 1.10 bits per heavy atom. The monoisotopic (exact) mass is 268 g/mol. The van der Waals surface area contributed by atoms with Gasteiger partial charge in [-0.1, -0.05) is 36.4 Å². The summed E-state index contributed by atoms with van der Waals surface area (Å²) in [6.07, 6.45) is 1.31. The van der Waals surface area contributed by atoms with E-state index in [-0.39, 0.29) is 17.7 Å². The highest BCUT2D eigenvalue weighted by molar-refractivity contribution is 6.07. The number of epoxide rings is 1. The van der Waals surface area contributed by atoms with Gasteiger partial charge in [-0.3, -0.25) is 4.79 Å². The maximum Gasteiger partial charge on any atom is 0.198 e. The number of rotatable bonds is 1. The zero-order valence-electron chi connectivity index (χ0n) is 10.8. The molecule has 0 N–H and O–H groups in total. The number of fused-ring (bicyclic) bond motifs is 1. The fraction of sp³-hybridized carbons (Fsp3) is 0.235. The van der Waals surface area contributed by atoms with E-state index < -0.39 is 5.60 Å². The lowest BCUT2D eigenvalue weighted by Gasteiger charge is -2.20. The van der Waals surface area contributed by atoms with Gasteiger partial charge in [-0.2, -0.15) is 0 Å². The molecule has 1 aliphatic heterocycles. The molecule has 0 amide bonds. The second-order valence-electron chi connectivity index (χ2n) is 5.43. The lowest BCUT2D eigenvalue weighted by Crippen LogP contribution is -2.31. The highest BCUT2D eigenvalue weighted by Crippen LogP contribution is 2.56. The maximum absolute atomic E-state index is 13.0. The van der Waals surface area contributed by atoms with Crippen LogP contribution in [0.2, 0.25) is 0 Å². The van der Waals surface area contributed by atoms with E-state index >= 15 is 0 Å². The van der Waals surface area contributed by atoms with Gasteiger partial charge >= 0.3 is 0 Å². The Hall–Kier alpha value is -2.00. The molecule has 2 nitrogen and oxygen atoms in total. The first-order chi connectivity index (χ1) is 9.71. The van der Waals surface area contributed by atoms with Gasteiger partial charge in [0.25, 0.3) is 0 Å². The van der Waals surface area contributed by atoms with Gasteiger partial charge in [-0.25, -0.2) is 4.39 Å². The van der Waals surface area contributed by atoms with Crippen LogP contribution in [-0.2, 0) is 11.2 Å². The molecule has 4 rings (SSSR count). The number of hydrogen-bond acceptors (Lipinski definition) is 2. The molecule has 1 aliphatic carbocycles. The summed E-state index contributed by atoms with van der Waals surface area (Å²) in [6.45, 7) is 0. The second-order valence-corrected chi connectivity index (χ2v) is 5.43. The molecule has 0 radical (unpaired) electrons. The van der Waals surface area contributed by atoms with Gasteiger partial charge in [0.1, 0.15) is 11.9 Å². The van der Waals surface area contributed by atoms with Crippen LogP contribution < -0.4 is 0 Å². The summed E-state index contributed by atoms with van der Waals surface area (Å²) >= 11 is 0. The average Bonchev–Trinajstić information content (AvgIpc) is 3.20. The molecule has 0 unspecified atom stereocenters. The molecule has 0 aromatic heterocycles. The number of halogens is 1. The molecule has 2 aromatic carbocycles. The molecule has 20 heavy (non-hydrogen) atoms. The highest BCUT2D eigenvalue weighted by Gasteiger charge is 2.63. The van der Waals surface area contributed by atoms with Gasteiger partial charge in [0.2, 0.25) is 0 Å². The lowest BCUT2D eigenvalue weighted by molar-refractivity contribution is 0.0850. The smallest absolute Gasteiger partial charge is 0.198 e. The van der Waals surface area contributed by atoms with Crippen molar-refractivity contribution in [2.45, 2.75) is 24.5 Å². The van der Waals surface area contributed by atoms with Crippen LogP contribution >= 0.6 is 0 Å². The van der Waals surface area contributed by atoms with Crippen molar-refractivity contribution < 1.29 is 13.9 Å². The van der Waals surface area contributed by atoms with Crippen LogP contribution in [0.3, 0.4) is 0 Å². The first-order valence-corrected chi connectivity index (χ1v) is 6.77. The Morgan fingerprint density at radius 2 is 1.85 bits per heavy atom. The molecule has 2 aliphatic rings. The van der Waals surface area contributed by atoms with Crippen molar-refractivity contribution in [3.63, 3.8) is 0 Å². The number of aryl methyl sites for hydroxylation is 1. The Balaban J connectivity index is 1.69. The number of carbonyl (C=O) groups excluding carboxylic acids is 1. The molecular formula is C17H13FO2. The predicted octanol–water partition coefficient (Wildman–Crippen LogP) is 3.46. The van der Waals surface area contributed by atoms with Crippen molar-refractivity contribution in [2.75, 3.05) is 0 Å². The van der Waals surface area contributed by atoms with E-state index in [0.717, 1.165) is 23.1 Å². The summed E-state index contributed by atoms with van der Waals surface area (Å²) in [7, 11) is 0. The molecule has 0 saturated carbocycles. The Kier molecular flexibility index (Phi) is 2.36. The largest absolute Gasteiger partial charge is 0.352 e.